The number of hydrogen-bond acceptors (Lipinski definition) is 2. The predicted molar refractivity (Wildman–Crippen MR) is 176 cm³/mol. The van der Waals surface area contributed by atoms with Crippen molar-refractivity contribution in [2.45, 2.75) is 207 Å². The third-order valence-corrected chi connectivity index (χ3v) is 8.20. The second-order valence-corrected chi connectivity index (χ2v) is 12.9. The van der Waals surface area contributed by atoms with Crippen molar-refractivity contribution in [3.8, 4) is 0 Å². The maximum Gasteiger partial charge on any atom is 0.242 e. The molecule has 0 aliphatic rings. The highest BCUT2D eigenvalue weighted by Gasteiger charge is 2.21. The van der Waals surface area contributed by atoms with Crippen LogP contribution < -0.4 is 10.6 Å². The average Bonchev–Trinajstić information content (AvgIpc) is 2.93. The van der Waals surface area contributed by atoms with Gasteiger partial charge in [0.25, 0.3) is 0 Å². The highest BCUT2D eigenvalue weighted by atomic mass is 16.2. The van der Waals surface area contributed by atoms with E-state index in [-0.39, 0.29) is 11.8 Å². The van der Waals surface area contributed by atoms with Crippen LogP contribution in [-0.4, -0.2) is 24.4 Å². The molecule has 0 aromatic rings. The van der Waals surface area contributed by atoms with Gasteiger partial charge in [-0.3, -0.25) is 9.59 Å². The van der Waals surface area contributed by atoms with E-state index in [1.807, 2.05) is 0 Å². The maximum absolute atomic E-state index is 12.8. The largest absolute Gasteiger partial charge is 0.354 e. The van der Waals surface area contributed by atoms with Crippen molar-refractivity contribution in [1.82, 2.24) is 10.6 Å². The Labute approximate surface area is 251 Å². The molecule has 0 bridgehead atoms. The van der Waals surface area contributed by atoms with Gasteiger partial charge >= 0.3 is 0 Å². The topological polar surface area (TPSA) is 58.2 Å². The minimum absolute atomic E-state index is 0.00512. The molecule has 0 fully saturated rings. The quantitative estimate of drug-likeness (QED) is 0.0823. The highest BCUT2D eigenvalue weighted by Crippen LogP contribution is 2.14. The molecule has 0 aromatic heterocycles. The molecule has 0 aliphatic carbocycles. The molecular formula is C36H72N2O2. The van der Waals surface area contributed by atoms with Gasteiger partial charge < -0.3 is 10.6 Å². The molecule has 4 nitrogen and oxygen atoms in total. The highest BCUT2D eigenvalue weighted by molar-refractivity contribution is 5.87. The number of carbonyl (C=O) groups excluding carboxylic acids is 2. The van der Waals surface area contributed by atoms with Gasteiger partial charge in [-0.05, 0) is 25.2 Å². The molecule has 0 radical (unpaired) electrons. The summed E-state index contributed by atoms with van der Waals surface area (Å²) in [6.45, 7) is 9.49. The maximum atomic E-state index is 12.8. The second-order valence-electron chi connectivity index (χ2n) is 12.9. The summed E-state index contributed by atoms with van der Waals surface area (Å²) < 4.78 is 0. The number of carbonyl (C=O) groups is 2. The summed E-state index contributed by atoms with van der Waals surface area (Å²) in [4.78, 5) is 25.3. The molecule has 0 aromatic carbocycles. The number of nitrogens with one attached hydrogen (secondary N) is 2. The second kappa shape index (κ2) is 30.9. The van der Waals surface area contributed by atoms with Gasteiger partial charge in [-0.1, -0.05) is 175 Å². The van der Waals surface area contributed by atoms with Crippen LogP contribution in [0.2, 0.25) is 0 Å². The summed E-state index contributed by atoms with van der Waals surface area (Å²) in [6, 6.07) is -0.396. The number of rotatable bonds is 31. The van der Waals surface area contributed by atoms with E-state index in [0.29, 0.717) is 18.8 Å². The third kappa shape index (κ3) is 28.5. The molecule has 40 heavy (non-hydrogen) atoms. The molecule has 1 atom stereocenters. The van der Waals surface area contributed by atoms with E-state index in [1.54, 1.807) is 0 Å². The van der Waals surface area contributed by atoms with Crippen molar-refractivity contribution in [3.05, 3.63) is 0 Å². The molecule has 0 rings (SSSR count). The summed E-state index contributed by atoms with van der Waals surface area (Å²) >= 11 is 0. The standard InChI is InChI=1S/C36H72N2O2/c1-5-7-9-11-13-15-17-18-19-20-21-22-24-26-28-30-35(39)38-34(32-33(3)4)36(40)37-31-29-27-25-23-16-14-12-10-8-6-2/h33-34H,5-32H2,1-4H3,(H,37,40)(H,38,39). The van der Waals surface area contributed by atoms with Crippen molar-refractivity contribution in [2.24, 2.45) is 5.92 Å². The van der Waals surface area contributed by atoms with E-state index in [2.05, 4.69) is 38.3 Å². The molecule has 0 aliphatic heterocycles. The lowest BCUT2D eigenvalue weighted by molar-refractivity contribution is -0.129. The van der Waals surface area contributed by atoms with Gasteiger partial charge in [-0.2, -0.15) is 0 Å². The van der Waals surface area contributed by atoms with Crippen LogP contribution in [0, 0.1) is 5.92 Å². The number of unbranched alkanes of at least 4 members (excludes halogenated alkanes) is 23. The van der Waals surface area contributed by atoms with Crippen LogP contribution in [0.5, 0.6) is 0 Å². The summed E-state index contributed by atoms with van der Waals surface area (Å²) in [5.74, 6) is 0.406. The van der Waals surface area contributed by atoms with E-state index >= 15 is 0 Å². The van der Waals surface area contributed by atoms with Gasteiger partial charge in [0.2, 0.25) is 11.8 Å². The van der Waals surface area contributed by atoms with Crippen LogP contribution in [0.4, 0.5) is 0 Å². The van der Waals surface area contributed by atoms with E-state index in [0.717, 1.165) is 25.8 Å². The molecule has 2 amide bonds. The first-order chi connectivity index (χ1) is 19.5. The first-order valence-corrected chi connectivity index (χ1v) is 18.1. The fourth-order valence-corrected chi connectivity index (χ4v) is 5.57. The van der Waals surface area contributed by atoms with Crippen LogP contribution in [-0.2, 0) is 9.59 Å². The van der Waals surface area contributed by atoms with Crippen LogP contribution in [0.3, 0.4) is 0 Å². The average molecular weight is 565 g/mol. The molecule has 4 heteroatoms. The minimum Gasteiger partial charge on any atom is -0.354 e. The summed E-state index contributed by atoms with van der Waals surface area (Å²) in [6.07, 6.45) is 34.1. The zero-order chi connectivity index (χ0) is 29.5. The van der Waals surface area contributed by atoms with Crippen LogP contribution in [0.1, 0.15) is 201 Å². The minimum atomic E-state index is -0.396. The lowest BCUT2D eigenvalue weighted by atomic mass is 10.0. The van der Waals surface area contributed by atoms with Gasteiger partial charge in [0.15, 0.2) is 0 Å². The smallest absolute Gasteiger partial charge is 0.242 e. The van der Waals surface area contributed by atoms with Gasteiger partial charge in [0, 0.05) is 13.0 Å². The van der Waals surface area contributed by atoms with Crippen molar-refractivity contribution >= 4 is 11.8 Å². The lowest BCUT2D eigenvalue weighted by Gasteiger charge is -2.20. The monoisotopic (exact) mass is 565 g/mol. The molecule has 0 heterocycles. The fourth-order valence-electron chi connectivity index (χ4n) is 5.57. The van der Waals surface area contributed by atoms with E-state index in [9.17, 15) is 9.59 Å². The van der Waals surface area contributed by atoms with Gasteiger partial charge in [0.1, 0.15) is 6.04 Å². The van der Waals surface area contributed by atoms with Crippen molar-refractivity contribution in [3.63, 3.8) is 0 Å². The van der Waals surface area contributed by atoms with Crippen LogP contribution in [0.15, 0.2) is 0 Å². The lowest BCUT2D eigenvalue weighted by Crippen LogP contribution is -2.47. The Morgan fingerprint density at radius 3 is 1.23 bits per heavy atom. The zero-order valence-corrected chi connectivity index (χ0v) is 27.8. The van der Waals surface area contributed by atoms with Gasteiger partial charge in [-0.25, -0.2) is 0 Å². The number of hydrogen-bond donors (Lipinski definition) is 2. The molecule has 1 unspecified atom stereocenters. The number of amides is 2. The Balaban J connectivity index is 3.77. The Hall–Kier alpha value is -1.06. The SMILES string of the molecule is CCCCCCCCCCCCCCCCCC(=O)NC(CC(C)C)C(=O)NCCCCCCCCCCCC. The molecule has 0 saturated heterocycles. The van der Waals surface area contributed by atoms with Gasteiger partial charge in [0.05, 0.1) is 0 Å². The zero-order valence-electron chi connectivity index (χ0n) is 27.8. The molecule has 2 N–H and O–H groups in total. The molecule has 0 spiro atoms. The first-order valence-electron chi connectivity index (χ1n) is 18.1. The third-order valence-electron chi connectivity index (χ3n) is 8.20. The van der Waals surface area contributed by atoms with Crippen LogP contribution >= 0.6 is 0 Å². The van der Waals surface area contributed by atoms with E-state index in [4.69, 9.17) is 0 Å². The van der Waals surface area contributed by atoms with E-state index in [1.165, 1.54) is 141 Å². The van der Waals surface area contributed by atoms with Crippen molar-refractivity contribution in [1.29, 1.82) is 0 Å². The Bertz CT molecular complexity index is 549. The van der Waals surface area contributed by atoms with Crippen LogP contribution in [0.25, 0.3) is 0 Å². The normalized spacial score (nSPS) is 12.1. The molecule has 238 valence electrons. The Kier molecular flexibility index (Phi) is 30.1. The van der Waals surface area contributed by atoms with E-state index < -0.39 is 6.04 Å². The summed E-state index contributed by atoms with van der Waals surface area (Å²) in [5.41, 5.74) is 0. The summed E-state index contributed by atoms with van der Waals surface area (Å²) in [7, 11) is 0. The Morgan fingerprint density at radius 2 is 0.850 bits per heavy atom. The Morgan fingerprint density at radius 1 is 0.500 bits per heavy atom. The van der Waals surface area contributed by atoms with Crippen molar-refractivity contribution in [2.75, 3.05) is 6.54 Å². The summed E-state index contributed by atoms with van der Waals surface area (Å²) in [5, 5.41) is 6.12. The molecule has 0 saturated carbocycles. The molecular weight excluding hydrogens is 492 g/mol. The predicted octanol–water partition coefficient (Wildman–Crippen LogP) is 10.8. The van der Waals surface area contributed by atoms with Gasteiger partial charge in [-0.15, -0.1) is 0 Å². The first kappa shape index (κ1) is 38.9. The fraction of sp³-hybridized carbons (Fsp3) is 0.944. The van der Waals surface area contributed by atoms with Crippen molar-refractivity contribution < 1.29 is 9.59 Å².